The molecule has 0 fully saturated rings. The van der Waals surface area contributed by atoms with Crippen molar-refractivity contribution in [2.75, 3.05) is 5.75 Å². The second-order valence-corrected chi connectivity index (χ2v) is 8.37. The molecule has 3 rings (SSSR count). The monoisotopic (exact) mass is 432 g/mol. The van der Waals surface area contributed by atoms with Crippen LogP contribution in [-0.4, -0.2) is 23.7 Å². The highest BCUT2D eigenvalue weighted by atomic mass is 79.9. The molecular formula is C16H12BrF3N2O2S. The number of imidazole rings is 1. The minimum Gasteiger partial charge on any atom is -0.319 e. The molecule has 25 heavy (non-hydrogen) atoms. The van der Waals surface area contributed by atoms with E-state index in [9.17, 15) is 21.6 Å². The van der Waals surface area contributed by atoms with Gasteiger partial charge in [0.25, 0.3) is 0 Å². The van der Waals surface area contributed by atoms with Crippen LogP contribution in [0.3, 0.4) is 0 Å². The van der Waals surface area contributed by atoms with Crippen LogP contribution in [0.25, 0.3) is 11.0 Å². The van der Waals surface area contributed by atoms with E-state index < -0.39 is 27.6 Å². The summed E-state index contributed by atoms with van der Waals surface area (Å²) >= 11 is 3.21. The van der Waals surface area contributed by atoms with Gasteiger partial charge in [-0.25, -0.2) is 13.4 Å². The molecule has 0 unspecified atom stereocenters. The molecule has 0 aliphatic carbocycles. The summed E-state index contributed by atoms with van der Waals surface area (Å²) in [5.41, 5.74) is 0.427. The zero-order valence-electron chi connectivity index (χ0n) is 12.7. The van der Waals surface area contributed by atoms with Gasteiger partial charge < -0.3 is 4.57 Å². The van der Waals surface area contributed by atoms with Crippen LogP contribution in [0.4, 0.5) is 13.2 Å². The summed E-state index contributed by atoms with van der Waals surface area (Å²) < 4.78 is 66.1. The molecule has 0 aliphatic heterocycles. The second-order valence-electron chi connectivity index (χ2n) is 5.35. The molecule has 0 atom stereocenters. The molecule has 132 valence electrons. The number of rotatable bonds is 4. The van der Waals surface area contributed by atoms with Gasteiger partial charge in [0.05, 0.1) is 21.7 Å². The van der Waals surface area contributed by atoms with Gasteiger partial charge in [0, 0.05) is 11.0 Å². The lowest BCUT2D eigenvalue weighted by Crippen LogP contribution is -2.19. The highest BCUT2D eigenvalue weighted by Gasteiger charge is 2.37. The standard InChI is InChI=1S/C16H12BrF3N2O2S/c17-11-5-7-12(8-6-11)25(23,24)10-9-22-14-4-2-1-3-13(14)21-15(22)16(18,19)20/h1-8H,9-10H2. The van der Waals surface area contributed by atoms with Crippen molar-refractivity contribution in [3.05, 3.63) is 58.8 Å². The Balaban J connectivity index is 1.96. The van der Waals surface area contributed by atoms with Gasteiger partial charge in [0.15, 0.2) is 9.84 Å². The van der Waals surface area contributed by atoms with E-state index >= 15 is 0 Å². The molecular weight excluding hydrogens is 421 g/mol. The van der Waals surface area contributed by atoms with Gasteiger partial charge in [-0.1, -0.05) is 28.1 Å². The van der Waals surface area contributed by atoms with Gasteiger partial charge in [-0.05, 0) is 36.4 Å². The smallest absolute Gasteiger partial charge is 0.319 e. The molecule has 1 heterocycles. The third-order valence-electron chi connectivity index (χ3n) is 3.66. The summed E-state index contributed by atoms with van der Waals surface area (Å²) in [5, 5.41) is 0. The molecule has 0 N–H and O–H groups in total. The zero-order valence-corrected chi connectivity index (χ0v) is 15.1. The SMILES string of the molecule is O=S(=O)(CCn1c(C(F)(F)F)nc2ccccc21)c1ccc(Br)cc1. The zero-order chi connectivity index (χ0) is 18.2. The van der Waals surface area contributed by atoms with Crippen molar-refractivity contribution >= 4 is 36.8 Å². The first-order valence-corrected chi connectivity index (χ1v) is 9.64. The van der Waals surface area contributed by atoms with E-state index in [1.807, 2.05) is 0 Å². The van der Waals surface area contributed by atoms with Crippen LogP contribution in [0.2, 0.25) is 0 Å². The van der Waals surface area contributed by atoms with E-state index in [0.717, 1.165) is 4.57 Å². The lowest BCUT2D eigenvalue weighted by Gasteiger charge is -2.12. The number of hydrogen-bond acceptors (Lipinski definition) is 3. The summed E-state index contributed by atoms with van der Waals surface area (Å²) in [6, 6.07) is 12.1. The van der Waals surface area contributed by atoms with E-state index in [0.29, 0.717) is 4.47 Å². The van der Waals surface area contributed by atoms with Crippen molar-refractivity contribution < 1.29 is 21.6 Å². The average molecular weight is 433 g/mol. The van der Waals surface area contributed by atoms with Crippen molar-refractivity contribution in [1.29, 1.82) is 0 Å². The predicted octanol–water partition coefficient (Wildman–Crippen LogP) is 4.29. The van der Waals surface area contributed by atoms with E-state index in [2.05, 4.69) is 20.9 Å². The van der Waals surface area contributed by atoms with Gasteiger partial charge in [-0.2, -0.15) is 13.2 Å². The Bertz CT molecular complexity index is 1010. The first kappa shape index (κ1) is 17.9. The fraction of sp³-hybridized carbons (Fsp3) is 0.188. The molecule has 4 nitrogen and oxygen atoms in total. The van der Waals surface area contributed by atoms with Crippen LogP contribution in [0.1, 0.15) is 5.82 Å². The molecule has 0 bridgehead atoms. The van der Waals surface area contributed by atoms with Gasteiger partial charge in [-0.15, -0.1) is 0 Å². The highest BCUT2D eigenvalue weighted by molar-refractivity contribution is 9.10. The largest absolute Gasteiger partial charge is 0.449 e. The predicted molar refractivity (Wildman–Crippen MR) is 90.9 cm³/mol. The van der Waals surface area contributed by atoms with E-state index in [4.69, 9.17) is 0 Å². The van der Waals surface area contributed by atoms with Gasteiger partial charge in [-0.3, -0.25) is 0 Å². The molecule has 9 heteroatoms. The molecule has 0 saturated heterocycles. The Kier molecular flexibility index (Phi) is 4.63. The average Bonchev–Trinajstić information content (AvgIpc) is 2.92. The molecule has 0 aliphatic rings. The summed E-state index contributed by atoms with van der Waals surface area (Å²) in [4.78, 5) is 3.67. The third kappa shape index (κ3) is 3.72. The number of sulfone groups is 1. The maximum absolute atomic E-state index is 13.2. The molecule has 1 aromatic heterocycles. The molecule has 0 spiro atoms. The summed E-state index contributed by atoms with van der Waals surface area (Å²) in [5.74, 6) is -1.56. The van der Waals surface area contributed by atoms with Crippen molar-refractivity contribution in [3.63, 3.8) is 0 Å². The number of hydrogen-bond donors (Lipinski definition) is 0. The first-order chi connectivity index (χ1) is 11.7. The molecule has 0 amide bonds. The highest BCUT2D eigenvalue weighted by Crippen LogP contribution is 2.31. The van der Waals surface area contributed by atoms with E-state index in [1.54, 1.807) is 24.3 Å². The van der Waals surface area contributed by atoms with Crippen LogP contribution in [0.15, 0.2) is 57.9 Å². The van der Waals surface area contributed by atoms with Gasteiger partial charge in [0.2, 0.25) is 5.82 Å². The van der Waals surface area contributed by atoms with Crippen LogP contribution >= 0.6 is 15.9 Å². The molecule has 0 radical (unpaired) electrons. The third-order valence-corrected chi connectivity index (χ3v) is 5.90. The number of aromatic nitrogens is 2. The Morgan fingerprint density at radius 2 is 1.68 bits per heavy atom. The molecule has 3 aromatic rings. The fourth-order valence-corrected chi connectivity index (χ4v) is 3.96. The Labute approximate surface area is 150 Å². The topological polar surface area (TPSA) is 52.0 Å². The number of para-hydroxylation sites is 2. The van der Waals surface area contributed by atoms with Crippen molar-refractivity contribution in [2.24, 2.45) is 0 Å². The maximum atomic E-state index is 13.2. The number of aryl methyl sites for hydroxylation is 1. The summed E-state index contributed by atoms with van der Waals surface area (Å²) in [7, 11) is -3.72. The van der Waals surface area contributed by atoms with Gasteiger partial charge >= 0.3 is 6.18 Å². The first-order valence-electron chi connectivity index (χ1n) is 7.19. The minimum atomic E-state index is -4.67. The summed E-state index contributed by atoms with van der Waals surface area (Å²) in [6.07, 6.45) is -4.67. The molecule has 2 aromatic carbocycles. The Morgan fingerprint density at radius 1 is 1.04 bits per heavy atom. The van der Waals surface area contributed by atoms with Crippen molar-refractivity contribution in [2.45, 2.75) is 17.6 Å². The second kappa shape index (κ2) is 6.45. The van der Waals surface area contributed by atoms with E-state index in [1.165, 1.54) is 24.3 Å². The summed E-state index contributed by atoms with van der Waals surface area (Å²) in [6.45, 7) is -0.340. The number of fused-ring (bicyclic) bond motifs is 1. The van der Waals surface area contributed by atoms with Gasteiger partial charge in [0.1, 0.15) is 0 Å². The quantitative estimate of drug-likeness (QED) is 0.617. The Hall–Kier alpha value is -1.87. The van der Waals surface area contributed by atoms with Crippen LogP contribution in [-0.2, 0) is 22.6 Å². The van der Waals surface area contributed by atoms with Crippen molar-refractivity contribution in [1.82, 2.24) is 9.55 Å². The minimum absolute atomic E-state index is 0.0636. The molecule has 0 saturated carbocycles. The number of nitrogens with zero attached hydrogens (tertiary/aromatic N) is 2. The van der Waals surface area contributed by atoms with Crippen LogP contribution < -0.4 is 0 Å². The fourth-order valence-electron chi connectivity index (χ4n) is 2.49. The lowest BCUT2D eigenvalue weighted by molar-refractivity contribution is -0.146. The van der Waals surface area contributed by atoms with Crippen LogP contribution in [0, 0.1) is 0 Å². The maximum Gasteiger partial charge on any atom is 0.449 e. The Morgan fingerprint density at radius 3 is 2.32 bits per heavy atom. The van der Waals surface area contributed by atoms with Crippen LogP contribution in [0.5, 0.6) is 0 Å². The number of alkyl halides is 3. The normalized spacial score (nSPS) is 12.6. The lowest BCUT2D eigenvalue weighted by atomic mass is 10.3. The number of benzene rings is 2. The van der Waals surface area contributed by atoms with Crippen molar-refractivity contribution in [3.8, 4) is 0 Å². The number of halogens is 4. The van der Waals surface area contributed by atoms with E-state index in [-0.39, 0.29) is 22.5 Å².